The zero-order valence-corrected chi connectivity index (χ0v) is 16.8. The molecule has 0 amide bonds. The summed E-state index contributed by atoms with van der Waals surface area (Å²) in [6.45, 7) is 4.93. The molecule has 0 fully saturated rings. The maximum absolute atomic E-state index is 9.53. The second kappa shape index (κ2) is 9.20. The lowest BCUT2D eigenvalue weighted by Gasteiger charge is -2.12. The maximum Gasteiger partial charge on any atom is 0.268 e. The number of ether oxygens (including phenoxy) is 2. The van der Waals surface area contributed by atoms with Gasteiger partial charge in [-0.2, -0.15) is 10.2 Å². The standard InChI is InChI=1S/C21H21N3O3S/c1-14(2)8-9-26-17-7-6-15(12-18(17)25-3)11-16(13-22)21-23-20(24-27-21)19-5-4-10-28-19/h4-7,10-12,14H,8-9H2,1-3H3/b16-11+. The largest absolute Gasteiger partial charge is 0.493 e. The molecule has 0 N–H and O–H groups in total. The maximum atomic E-state index is 9.53. The molecular weight excluding hydrogens is 374 g/mol. The number of nitrogens with zero attached hydrogens (tertiary/aromatic N) is 3. The van der Waals surface area contributed by atoms with E-state index in [2.05, 4.69) is 30.1 Å². The molecule has 0 bridgehead atoms. The van der Waals surface area contributed by atoms with Crippen molar-refractivity contribution in [2.75, 3.05) is 13.7 Å². The normalized spacial score (nSPS) is 11.5. The molecule has 0 spiro atoms. The van der Waals surface area contributed by atoms with E-state index in [1.165, 1.54) is 11.3 Å². The summed E-state index contributed by atoms with van der Waals surface area (Å²) in [5, 5.41) is 15.4. The highest BCUT2D eigenvalue weighted by Crippen LogP contribution is 2.30. The van der Waals surface area contributed by atoms with Gasteiger partial charge in [0.1, 0.15) is 11.6 Å². The number of aromatic nitrogens is 2. The van der Waals surface area contributed by atoms with Crippen molar-refractivity contribution in [2.24, 2.45) is 5.92 Å². The van der Waals surface area contributed by atoms with Crippen LogP contribution in [-0.2, 0) is 0 Å². The Labute approximate surface area is 168 Å². The molecule has 2 aromatic heterocycles. The third-order valence-electron chi connectivity index (χ3n) is 3.97. The number of hydrogen-bond acceptors (Lipinski definition) is 7. The van der Waals surface area contributed by atoms with Crippen molar-refractivity contribution in [2.45, 2.75) is 20.3 Å². The molecule has 0 aliphatic rings. The van der Waals surface area contributed by atoms with Crippen LogP contribution in [0.5, 0.6) is 11.5 Å². The summed E-state index contributed by atoms with van der Waals surface area (Å²) in [7, 11) is 1.59. The van der Waals surface area contributed by atoms with Gasteiger partial charge in [-0.25, -0.2) is 0 Å². The van der Waals surface area contributed by atoms with E-state index in [4.69, 9.17) is 14.0 Å². The van der Waals surface area contributed by atoms with Gasteiger partial charge in [0.25, 0.3) is 5.89 Å². The van der Waals surface area contributed by atoms with Gasteiger partial charge in [0.05, 0.1) is 18.6 Å². The van der Waals surface area contributed by atoms with Gasteiger partial charge < -0.3 is 14.0 Å². The topological polar surface area (TPSA) is 81.2 Å². The van der Waals surface area contributed by atoms with E-state index in [1.807, 2.05) is 35.7 Å². The lowest BCUT2D eigenvalue weighted by molar-refractivity contribution is 0.273. The van der Waals surface area contributed by atoms with E-state index in [-0.39, 0.29) is 11.5 Å². The lowest BCUT2D eigenvalue weighted by atomic mass is 10.1. The summed E-state index contributed by atoms with van der Waals surface area (Å²) in [5.74, 6) is 2.51. The highest BCUT2D eigenvalue weighted by atomic mass is 32.1. The molecule has 1 aromatic carbocycles. The average Bonchev–Trinajstić information content (AvgIpc) is 3.38. The van der Waals surface area contributed by atoms with Gasteiger partial charge in [0, 0.05) is 0 Å². The van der Waals surface area contributed by atoms with Gasteiger partial charge in [0.2, 0.25) is 5.82 Å². The van der Waals surface area contributed by atoms with Crippen molar-refractivity contribution in [1.82, 2.24) is 10.1 Å². The second-order valence-corrected chi connectivity index (χ2v) is 7.46. The Kier molecular flexibility index (Phi) is 6.45. The van der Waals surface area contributed by atoms with Crippen LogP contribution in [0.25, 0.3) is 22.4 Å². The van der Waals surface area contributed by atoms with Crippen molar-refractivity contribution in [3.8, 4) is 28.3 Å². The van der Waals surface area contributed by atoms with Crippen molar-refractivity contribution in [1.29, 1.82) is 5.26 Å². The van der Waals surface area contributed by atoms with Crippen molar-refractivity contribution in [3.05, 3.63) is 47.2 Å². The van der Waals surface area contributed by atoms with Crippen LogP contribution in [0.2, 0.25) is 0 Å². The number of rotatable bonds is 8. The number of methoxy groups -OCH3 is 1. The molecule has 7 heteroatoms. The number of benzene rings is 1. The zero-order chi connectivity index (χ0) is 19.9. The predicted octanol–water partition coefficient (Wildman–Crippen LogP) is 5.30. The van der Waals surface area contributed by atoms with Crippen molar-refractivity contribution < 1.29 is 14.0 Å². The molecule has 3 rings (SSSR count). The predicted molar refractivity (Wildman–Crippen MR) is 109 cm³/mol. The fraction of sp³-hybridized carbons (Fsp3) is 0.286. The van der Waals surface area contributed by atoms with Crippen LogP contribution < -0.4 is 9.47 Å². The summed E-state index contributed by atoms with van der Waals surface area (Å²) in [6, 6.07) is 11.5. The molecule has 0 saturated carbocycles. The molecule has 0 radical (unpaired) electrons. The quantitative estimate of drug-likeness (QED) is 0.482. The van der Waals surface area contributed by atoms with E-state index in [0.29, 0.717) is 29.8 Å². The van der Waals surface area contributed by atoms with Crippen LogP contribution in [0.15, 0.2) is 40.2 Å². The lowest BCUT2D eigenvalue weighted by Crippen LogP contribution is -2.02. The van der Waals surface area contributed by atoms with Gasteiger partial charge in [0.15, 0.2) is 11.5 Å². The smallest absolute Gasteiger partial charge is 0.268 e. The first-order valence-corrected chi connectivity index (χ1v) is 9.79. The Bertz CT molecular complexity index is 985. The molecule has 144 valence electrons. The van der Waals surface area contributed by atoms with Crippen LogP contribution in [0.3, 0.4) is 0 Å². The Hall–Kier alpha value is -3.11. The molecule has 0 saturated heterocycles. The minimum absolute atomic E-state index is 0.183. The van der Waals surface area contributed by atoms with E-state index >= 15 is 0 Å². The molecular formula is C21H21N3O3S. The molecule has 0 aliphatic carbocycles. The van der Waals surface area contributed by atoms with Crippen LogP contribution in [0.4, 0.5) is 0 Å². The second-order valence-electron chi connectivity index (χ2n) is 6.51. The molecule has 0 unspecified atom stereocenters. The van der Waals surface area contributed by atoms with Crippen LogP contribution in [-0.4, -0.2) is 23.9 Å². The molecule has 3 aromatic rings. The number of allylic oxidation sites excluding steroid dienone is 1. The SMILES string of the molecule is COc1cc(/C=C(\C#N)c2nc(-c3cccs3)no2)ccc1OCCC(C)C. The monoisotopic (exact) mass is 395 g/mol. The molecule has 2 heterocycles. The Morgan fingerprint density at radius 2 is 2.18 bits per heavy atom. The minimum atomic E-state index is 0.183. The van der Waals surface area contributed by atoms with E-state index in [0.717, 1.165) is 16.9 Å². The van der Waals surface area contributed by atoms with Crippen LogP contribution >= 0.6 is 11.3 Å². The van der Waals surface area contributed by atoms with Crippen molar-refractivity contribution in [3.63, 3.8) is 0 Å². The first-order valence-electron chi connectivity index (χ1n) is 8.91. The molecule has 28 heavy (non-hydrogen) atoms. The molecule has 0 atom stereocenters. The van der Waals surface area contributed by atoms with Gasteiger partial charge in [-0.3, -0.25) is 0 Å². The van der Waals surface area contributed by atoms with Gasteiger partial charge >= 0.3 is 0 Å². The average molecular weight is 395 g/mol. The fourth-order valence-corrected chi connectivity index (χ4v) is 3.09. The summed E-state index contributed by atoms with van der Waals surface area (Å²) >= 11 is 1.51. The number of nitriles is 1. The molecule has 0 aliphatic heterocycles. The van der Waals surface area contributed by atoms with Crippen molar-refractivity contribution >= 4 is 23.0 Å². The Morgan fingerprint density at radius 3 is 2.86 bits per heavy atom. The first kappa shape index (κ1) is 19.6. The summed E-state index contributed by atoms with van der Waals surface area (Å²) in [4.78, 5) is 5.21. The zero-order valence-electron chi connectivity index (χ0n) is 16.0. The van der Waals surface area contributed by atoms with E-state index in [9.17, 15) is 5.26 Å². The summed E-state index contributed by atoms with van der Waals surface area (Å²) in [6.07, 6.45) is 2.65. The highest BCUT2D eigenvalue weighted by Gasteiger charge is 2.14. The molecule has 6 nitrogen and oxygen atoms in total. The van der Waals surface area contributed by atoms with Crippen LogP contribution in [0.1, 0.15) is 31.7 Å². The number of hydrogen-bond donors (Lipinski definition) is 0. The van der Waals surface area contributed by atoms with Gasteiger partial charge in [-0.05, 0) is 47.6 Å². The highest BCUT2D eigenvalue weighted by molar-refractivity contribution is 7.13. The summed E-state index contributed by atoms with van der Waals surface area (Å²) in [5.41, 5.74) is 1.06. The fourth-order valence-electron chi connectivity index (χ4n) is 2.45. The third-order valence-corrected chi connectivity index (χ3v) is 4.84. The van der Waals surface area contributed by atoms with E-state index in [1.54, 1.807) is 13.2 Å². The summed E-state index contributed by atoms with van der Waals surface area (Å²) < 4.78 is 16.5. The third kappa shape index (κ3) is 4.78. The van der Waals surface area contributed by atoms with E-state index < -0.39 is 0 Å². The first-order chi connectivity index (χ1) is 13.6. The van der Waals surface area contributed by atoms with Gasteiger partial charge in [-0.1, -0.05) is 31.1 Å². The Balaban J connectivity index is 1.81. The van der Waals surface area contributed by atoms with Gasteiger partial charge in [-0.15, -0.1) is 11.3 Å². The number of thiophene rings is 1. The Morgan fingerprint density at radius 1 is 1.32 bits per heavy atom. The minimum Gasteiger partial charge on any atom is -0.493 e. The van der Waals surface area contributed by atoms with Crippen LogP contribution in [0, 0.1) is 17.2 Å².